The third kappa shape index (κ3) is 4.61. The summed E-state index contributed by atoms with van der Waals surface area (Å²) in [7, 11) is 0. The molecule has 0 bridgehead atoms. The Labute approximate surface area is 204 Å². The molecule has 1 saturated carbocycles. The Balaban J connectivity index is 1.68. The van der Waals surface area contributed by atoms with Gasteiger partial charge in [-0.3, -0.25) is 0 Å². The molecule has 1 aliphatic heterocycles. The Morgan fingerprint density at radius 1 is 0.514 bits per heavy atom. The van der Waals surface area contributed by atoms with Crippen LogP contribution in [0.2, 0.25) is 0 Å². The summed E-state index contributed by atoms with van der Waals surface area (Å²) in [4.78, 5) is 0. The minimum atomic E-state index is -4.41. The van der Waals surface area contributed by atoms with Gasteiger partial charge in [-0.15, -0.1) is 0 Å². The fourth-order valence-corrected chi connectivity index (χ4v) is 11.3. The molecule has 1 heterocycles. The molecule has 0 aromatic heterocycles. The van der Waals surface area contributed by atoms with Gasteiger partial charge >= 0.3 is 204 Å². The molecule has 0 saturated heterocycles. The molecule has 0 nitrogen and oxygen atoms in total. The summed E-state index contributed by atoms with van der Waals surface area (Å²) in [5, 5.41) is 0. The zero-order valence-electron chi connectivity index (χ0n) is 18.5. The van der Waals surface area contributed by atoms with Crippen LogP contribution in [0.5, 0.6) is 0 Å². The first-order chi connectivity index (χ1) is 16.6. The number of fused-ring (bicyclic) bond motifs is 1. The molecule has 180 valence electrons. The zero-order chi connectivity index (χ0) is 24.8. The van der Waals surface area contributed by atoms with Crippen LogP contribution in [0.4, 0.5) is 26.3 Å². The molecule has 0 spiro atoms. The predicted octanol–water partition coefficient (Wildman–Crippen LogP) is 8.00. The van der Waals surface area contributed by atoms with E-state index in [1.165, 1.54) is 11.1 Å². The Bertz CT molecular complexity index is 1200. The van der Waals surface area contributed by atoms with Crippen LogP contribution < -0.4 is 4.35 Å². The van der Waals surface area contributed by atoms with Crippen molar-refractivity contribution in [1.82, 2.24) is 0 Å². The molecule has 7 heteroatoms. The van der Waals surface area contributed by atoms with Crippen LogP contribution in [0.3, 0.4) is 0 Å². The molecule has 0 radical (unpaired) electrons. The molecule has 35 heavy (non-hydrogen) atoms. The second-order valence-electron chi connectivity index (χ2n) is 8.68. The standard InChI is InChI=1S/C28H21AsF6/c30-27(31,32)20-14-10-18(11-15-20)25-23-8-4-5-9-24(23)26(29(25)22-6-2-1-3-7-22)19-12-16-21(17-13-19)28(33,34)35/h1-3,6-7,10-17H,4-5,8-9H2. The van der Waals surface area contributed by atoms with Crippen molar-refractivity contribution in [2.75, 3.05) is 0 Å². The third-order valence-electron chi connectivity index (χ3n) is 6.47. The van der Waals surface area contributed by atoms with Crippen molar-refractivity contribution in [2.45, 2.75) is 38.0 Å². The molecule has 0 atom stereocenters. The van der Waals surface area contributed by atoms with Gasteiger partial charge in [0.2, 0.25) is 0 Å². The Morgan fingerprint density at radius 3 is 1.29 bits per heavy atom. The zero-order valence-corrected chi connectivity index (χ0v) is 20.4. The van der Waals surface area contributed by atoms with Crippen LogP contribution in [0, 0.1) is 0 Å². The van der Waals surface area contributed by atoms with E-state index >= 15 is 0 Å². The number of rotatable bonds is 3. The molecule has 2 aliphatic rings. The van der Waals surface area contributed by atoms with Crippen LogP contribution in [0.1, 0.15) is 47.9 Å². The van der Waals surface area contributed by atoms with E-state index in [0.29, 0.717) is 0 Å². The van der Waals surface area contributed by atoms with Gasteiger partial charge in [0, 0.05) is 0 Å². The number of benzene rings is 3. The van der Waals surface area contributed by atoms with Crippen LogP contribution in [-0.2, 0) is 12.4 Å². The number of hydrogen-bond acceptors (Lipinski definition) is 0. The van der Waals surface area contributed by atoms with Gasteiger partial charge in [0.15, 0.2) is 0 Å². The Hall–Kier alpha value is -2.72. The number of allylic oxidation sites excluding steroid dienone is 2. The molecule has 0 unspecified atom stereocenters. The second kappa shape index (κ2) is 9.05. The Kier molecular flexibility index (Phi) is 6.21. The molecule has 0 amide bonds. The van der Waals surface area contributed by atoms with E-state index in [-0.39, 0.29) is 0 Å². The van der Waals surface area contributed by atoms with Gasteiger partial charge in [-0.05, 0) is 0 Å². The second-order valence-corrected chi connectivity index (χ2v) is 13.1. The fraction of sp³-hybridized carbons (Fsp3) is 0.214. The van der Waals surface area contributed by atoms with E-state index in [2.05, 4.69) is 0 Å². The summed E-state index contributed by atoms with van der Waals surface area (Å²) in [6, 6.07) is 20.6. The van der Waals surface area contributed by atoms with Gasteiger partial charge in [-0.25, -0.2) is 0 Å². The molecule has 3 aromatic carbocycles. The molecule has 1 aliphatic carbocycles. The summed E-state index contributed by atoms with van der Waals surface area (Å²) < 4.78 is 82.6. The van der Waals surface area contributed by atoms with Gasteiger partial charge in [-0.1, -0.05) is 0 Å². The monoisotopic (exact) mass is 546 g/mol. The Morgan fingerprint density at radius 2 is 0.914 bits per heavy atom. The number of alkyl halides is 6. The number of hydrogen-bond donors (Lipinski definition) is 0. The number of halogens is 6. The van der Waals surface area contributed by atoms with Crippen LogP contribution in [0.25, 0.3) is 8.72 Å². The summed E-state index contributed by atoms with van der Waals surface area (Å²) in [5.41, 5.74) is 2.52. The first-order valence-corrected chi connectivity index (χ1v) is 14.1. The molecular formula is C28H21AsF6. The van der Waals surface area contributed by atoms with Crippen LogP contribution in [-0.4, -0.2) is 14.7 Å². The molecular weight excluding hydrogens is 525 g/mol. The van der Waals surface area contributed by atoms with Crippen molar-refractivity contribution >= 4 is 27.7 Å². The SMILES string of the molecule is FC(F)(F)c1ccc(C2=C3CCCCC3=C(c3ccc(C(F)(F)F)cc3)[As]2c2ccccc2)cc1. The fourth-order valence-electron chi connectivity index (χ4n) is 4.89. The van der Waals surface area contributed by atoms with Crippen molar-refractivity contribution in [1.29, 1.82) is 0 Å². The normalized spacial score (nSPS) is 17.2. The van der Waals surface area contributed by atoms with Crippen molar-refractivity contribution in [3.8, 4) is 0 Å². The first kappa shape index (κ1) is 24.0. The quantitative estimate of drug-likeness (QED) is 0.231. The molecule has 1 fully saturated rings. The minimum absolute atomic E-state index is 0.691. The van der Waals surface area contributed by atoms with Crippen LogP contribution in [0.15, 0.2) is 90.0 Å². The average molecular weight is 546 g/mol. The maximum atomic E-state index is 13.2. The summed E-state index contributed by atoms with van der Waals surface area (Å²) in [5.74, 6) is 0. The van der Waals surface area contributed by atoms with Crippen molar-refractivity contribution in [3.05, 3.63) is 112 Å². The molecule has 5 rings (SSSR count). The van der Waals surface area contributed by atoms with Crippen molar-refractivity contribution in [2.24, 2.45) is 0 Å². The van der Waals surface area contributed by atoms with Gasteiger partial charge in [-0.2, -0.15) is 0 Å². The average Bonchev–Trinajstić information content (AvgIpc) is 3.19. The van der Waals surface area contributed by atoms with E-state index in [1.807, 2.05) is 30.3 Å². The van der Waals surface area contributed by atoms with E-state index < -0.39 is 38.1 Å². The van der Waals surface area contributed by atoms with E-state index in [4.69, 9.17) is 0 Å². The summed E-state index contributed by atoms with van der Waals surface area (Å²) in [6.07, 6.45) is -5.20. The summed E-state index contributed by atoms with van der Waals surface area (Å²) in [6.45, 7) is 0. The van der Waals surface area contributed by atoms with Crippen molar-refractivity contribution in [3.63, 3.8) is 0 Å². The van der Waals surface area contributed by atoms with Crippen LogP contribution >= 0.6 is 0 Å². The van der Waals surface area contributed by atoms with E-state index in [0.717, 1.165) is 74.1 Å². The van der Waals surface area contributed by atoms with E-state index in [1.54, 1.807) is 24.3 Å². The van der Waals surface area contributed by atoms with Gasteiger partial charge < -0.3 is 0 Å². The molecule has 0 N–H and O–H groups in total. The van der Waals surface area contributed by atoms with Gasteiger partial charge in [0.05, 0.1) is 0 Å². The van der Waals surface area contributed by atoms with E-state index in [9.17, 15) is 26.3 Å². The third-order valence-corrected chi connectivity index (χ3v) is 12.3. The summed E-state index contributed by atoms with van der Waals surface area (Å²) >= 11 is -2.25. The predicted molar refractivity (Wildman–Crippen MR) is 127 cm³/mol. The van der Waals surface area contributed by atoms with Gasteiger partial charge in [0.1, 0.15) is 0 Å². The first-order valence-electron chi connectivity index (χ1n) is 11.3. The van der Waals surface area contributed by atoms with Gasteiger partial charge in [0.25, 0.3) is 0 Å². The maximum absolute atomic E-state index is 13.2. The topological polar surface area (TPSA) is 0 Å². The van der Waals surface area contributed by atoms with Crippen molar-refractivity contribution < 1.29 is 26.3 Å². The molecule has 3 aromatic rings.